The minimum atomic E-state index is 1.21. The van der Waals surface area contributed by atoms with E-state index in [2.05, 4.69) is 54.7 Å². The summed E-state index contributed by atoms with van der Waals surface area (Å²) >= 11 is 2.32. The van der Waals surface area contributed by atoms with Crippen LogP contribution in [-0.4, -0.2) is 33.9 Å². The van der Waals surface area contributed by atoms with Gasteiger partial charge in [0.05, 0.1) is 0 Å². The normalized spacial score (nSPS) is 9.50. The van der Waals surface area contributed by atoms with E-state index in [9.17, 15) is 0 Å². The van der Waals surface area contributed by atoms with Gasteiger partial charge in [-0.1, -0.05) is 18.5 Å². The fourth-order valence-electron chi connectivity index (χ4n) is 0.940. The summed E-state index contributed by atoms with van der Waals surface area (Å²) in [5, 5.41) is 0. The maximum absolute atomic E-state index is 2.32. The fourth-order valence-corrected chi connectivity index (χ4v) is 1.30. The van der Waals surface area contributed by atoms with E-state index >= 15 is 0 Å². The van der Waals surface area contributed by atoms with Crippen molar-refractivity contribution in [2.45, 2.75) is 12.7 Å². The first-order valence-corrected chi connectivity index (χ1v) is 5.99. The summed E-state index contributed by atoms with van der Waals surface area (Å²) in [4.78, 5) is 2.00. The molecule has 3 heteroatoms. The lowest BCUT2D eigenvalue weighted by atomic mass is 9.98. The SMILES string of the molecule is BCCc1ccc(I)cc1.CN(C)C. The van der Waals surface area contributed by atoms with Crippen molar-refractivity contribution < 1.29 is 0 Å². The molecule has 0 heterocycles. The van der Waals surface area contributed by atoms with Crippen molar-refractivity contribution in [1.29, 1.82) is 0 Å². The molecule has 1 aromatic rings. The Morgan fingerprint density at radius 3 is 1.93 bits per heavy atom. The second-order valence-corrected chi connectivity index (χ2v) is 4.96. The molecule has 0 unspecified atom stereocenters. The number of hydrogen-bond donors (Lipinski definition) is 0. The Morgan fingerprint density at radius 1 is 1.14 bits per heavy atom. The standard InChI is InChI=1S/C8H10BI.C3H9N/c9-6-5-7-1-3-8(10)4-2-7;1-4(2)3/h1-4H,5-6,9H2;1-3H3. The van der Waals surface area contributed by atoms with Crippen molar-refractivity contribution in [3.63, 3.8) is 0 Å². The predicted octanol–water partition coefficient (Wildman–Crippen LogP) is 2.06. The van der Waals surface area contributed by atoms with Crippen molar-refractivity contribution in [2.24, 2.45) is 0 Å². The summed E-state index contributed by atoms with van der Waals surface area (Å²) in [7, 11) is 8.21. The van der Waals surface area contributed by atoms with E-state index in [1.165, 1.54) is 21.9 Å². The molecule has 0 saturated heterocycles. The molecule has 78 valence electrons. The van der Waals surface area contributed by atoms with Crippen LogP contribution in [-0.2, 0) is 6.42 Å². The third-order valence-corrected chi connectivity index (χ3v) is 2.17. The van der Waals surface area contributed by atoms with Gasteiger partial charge in [-0.2, -0.15) is 0 Å². The van der Waals surface area contributed by atoms with E-state index in [-0.39, 0.29) is 0 Å². The third kappa shape index (κ3) is 8.57. The maximum atomic E-state index is 2.32. The van der Waals surface area contributed by atoms with Gasteiger partial charge in [0, 0.05) is 3.57 Å². The molecular formula is C11H19BIN. The monoisotopic (exact) mass is 303 g/mol. The van der Waals surface area contributed by atoms with Crippen molar-refractivity contribution in [2.75, 3.05) is 21.1 Å². The van der Waals surface area contributed by atoms with Gasteiger partial charge in [0.1, 0.15) is 7.85 Å². The molecule has 0 atom stereocenters. The second kappa shape index (κ2) is 8.30. The molecular weight excluding hydrogens is 284 g/mol. The van der Waals surface area contributed by atoms with Gasteiger partial charge >= 0.3 is 0 Å². The number of aryl methyl sites for hydroxylation is 1. The average molecular weight is 303 g/mol. The lowest BCUT2D eigenvalue weighted by molar-refractivity contribution is 0.505. The first-order chi connectivity index (χ1) is 6.56. The van der Waals surface area contributed by atoms with Gasteiger partial charge in [0.25, 0.3) is 0 Å². The molecule has 1 nitrogen and oxygen atoms in total. The lowest BCUT2D eigenvalue weighted by Crippen LogP contribution is -1.99. The number of hydrogen-bond acceptors (Lipinski definition) is 1. The molecule has 1 aromatic carbocycles. The summed E-state index contributed by atoms with van der Waals surface area (Å²) in [6.07, 6.45) is 2.44. The molecule has 0 amide bonds. The highest BCUT2D eigenvalue weighted by atomic mass is 127. The number of rotatable bonds is 2. The Kier molecular flexibility index (Phi) is 8.28. The molecule has 0 saturated carbocycles. The number of halogens is 1. The Balaban J connectivity index is 0.000000364. The first kappa shape index (κ1) is 14.0. The van der Waals surface area contributed by atoms with Crippen LogP contribution >= 0.6 is 22.6 Å². The van der Waals surface area contributed by atoms with E-state index in [0.717, 1.165) is 0 Å². The van der Waals surface area contributed by atoms with Crippen LogP contribution in [0.5, 0.6) is 0 Å². The topological polar surface area (TPSA) is 3.24 Å². The van der Waals surface area contributed by atoms with Crippen LogP contribution in [0.2, 0.25) is 6.32 Å². The van der Waals surface area contributed by atoms with E-state index < -0.39 is 0 Å². The second-order valence-electron chi connectivity index (χ2n) is 3.72. The van der Waals surface area contributed by atoms with Gasteiger partial charge in [-0.25, -0.2) is 0 Å². The highest BCUT2D eigenvalue weighted by molar-refractivity contribution is 14.1. The number of benzene rings is 1. The zero-order valence-corrected chi connectivity index (χ0v) is 11.7. The van der Waals surface area contributed by atoms with Gasteiger partial charge in [-0.15, -0.1) is 0 Å². The summed E-state index contributed by atoms with van der Waals surface area (Å²) < 4.78 is 1.32. The van der Waals surface area contributed by atoms with Gasteiger partial charge in [-0.3, -0.25) is 0 Å². The largest absolute Gasteiger partial charge is 0.312 e. The predicted molar refractivity (Wildman–Crippen MR) is 75.8 cm³/mol. The molecule has 1 rings (SSSR count). The fraction of sp³-hybridized carbons (Fsp3) is 0.455. The first-order valence-electron chi connectivity index (χ1n) is 4.91. The summed E-state index contributed by atoms with van der Waals surface area (Å²) in [5.41, 5.74) is 1.45. The average Bonchev–Trinajstić information content (AvgIpc) is 2.08. The molecule has 0 N–H and O–H groups in total. The van der Waals surface area contributed by atoms with E-state index in [0.29, 0.717) is 0 Å². The molecule has 0 aliphatic heterocycles. The van der Waals surface area contributed by atoms with E-state index in [1.807, 2.05) is 26.0 Å². The lowest BCUT2D eigenvalue weighted by Gasteiger charge is -1.96. The van der Waals surface area contributed by atoms with Crippen molar-refractivity contribution in [3.05, 3.63) is 33.4 Å². The van der Waals surface area contributed by atoms with Crippen LogP contribution in [0.25, 0.3) is 0 Å². The highest BCUT2D eigenvalue weighted by Gasteiger charge is 1.88. The van der Waals surface area contributed by atoms with Gasteiger partial charge < -0.3 is 4.90 Å². The van der Waals surface area contributed by atoms with Gasteiger partial charge in [0.2, 0.25) is 0 Å². The van der Waals surface area contributed by atoms with E-state index in [4.69, 9.17) is 0 Å². The molecule has 0 aliphatic rings. The van der Waals surface area contributed by atoms with Crippen LogP contribution < -0.4 is 0 Å². The molecule has 0 spiro atoms. The Bertz CT molecular complexity index is 231. The quantitative estimate of drug-likeness (QED) is 0.597. The Labute approximate surface area is 102 Å². The van der Waals surface area contributed by atoms with Gasteiger partial charge in [-0.05, 0) is 67.9 Å². The molecule has 0 aliphatic carbocycles. The Hall–Kier alpha value is -0.0251. The zero-order valence-electron chi connectivity index (χ0n) is 9.55. The summed E-state index contributed by atoms with van der Waals surface area (Å²) in [6, 6.07) is 8.72. The smallest absolute Gasteiger partial charge is 0.101 e. The minimum Gasteiger partial charge on any atom is -0.312 e. The van der Waals surface area contributed by atoms with Crippen LogP contribution in [0.3, 0.4) is 0 Å². The van der Waals surface area contributed by atoms with Crippen molar-refractivity contribution >= 4 is 30.4 Å². The third-order valence-electron chi connectivity index (χ3n) is 1.45. The Morgan fingerprint density at radius 2 is 1.57 bits per heavy atom. The van der Waals surface area contributed by atoms with Crippen LogP contribution in [0.4, 0.5) is 0 Å². The van der Waals surface area contributed by atoms with Gasteiger partial charge in [0.15, 0.2) is 0 Å². The number of nitrogens with zero attached hydrogens (tertiary/aromatic N) is 1. The molecule has 0 fully saturated rings. The van der Waals surface area contributed by atoms with Crippen molar-refractivity contribution in [3.8, 4) is 0 Å². The molecule has 0 bridgehead atoms. The molecule has 0 aromatic heterocycles. The summed E-state index contributed by atoms with van der Waals surface area (Å²) in [6.45, 7) is 0. The van der Waals surface area contributed by atoms with E-state index in [1.54, 1.807) is 0 Å². The van der Waals surface area contributed by atoms with Crippen molar-refractivity contribution in [1.82, 2.24) is 4.90 Å². The van der Waals surface area contributed by atoms with Crippen LogP contribution in [0.1, 0.15) is 5.56 Å². The summed E-state index contributed by atoms with van der Waals surface area (Å²) in [5.74, 6) is 0. The van der Waals surface area contributed by atoms with Crippen LogP contribution in [0.15, 0.2) is 24.3 Å². The molecule has 0 radical (unpaired) electrons. The van der Waals surface area contributed by atoms with Crippen LogP contribution in [0, 0.1) is 3.57 Å². The molecule has 14 heavy (non-hydrogen) atoms. The maximum Gasteiger partial charge on any atom is 0.101 e. The zero-order chi connectivity index (χ0) is 11.0. The minimum absolute atomic E-state index is 1.21. The highest BCUT2D eigenvalue weighted by Crippen LogP contribution is 2.07.